The van der Waals surface area contributed by atoms with E-state index < -0.39 is 11.6 Å². The Balaban J connectivity index is 1.77. The molecule has 1 heterocycles. The van der Waals surface area contributed by atoms with Crippen LogP contribution in [0.4, 0.5) is 13.2 Å². The predicted molar refractivity (Wildman–Crippen MR) is 93.8 cm³/mol. The molecule has 0 aliphatic carbocycles. The molecule has 0 aliphatic rings. The van der Waals surface area contributed by atoms with Gasteiger partial charge in [-0.2, -0.15) is 4.98 Å². The molecular formula is C19H15F3N2OS. The number of aryl methyl sites for hydroxylation is 1. The molecule has 0 saturated heterocycles. The summed E-state index contributed by atoms with van der Waals surface area (Å²) >= 11 is 1.25. The van der Waals surface area contributed by atoms with Gasteiger partial charge in [0.05, 0.1) is 0 Å². The summed E-state index contributed by atoms with van der Waals surface area (Å²) in [5.41, 5.74) is 1.27. The maximum atomic E-state index is 13.3. The molecule has 0 radical (unpaired) electrons. The van der Waals surface area contributed by atoms with Gasteiger partial charge in [0.1, 0.15) is 23.2 Å². The lowest BCUT2D eigenvalue weighted by molar-refractivity contribution is 0.452. The van der Waals surface area contributed by atoms with Crippen molar-refractivity contribution in [2.75, 3.05) is 0 Å². The molecule has 1 aromatic heterocycles. The molecule has 0 spiro atoms. The van der Waals surface area contributed by atoms with Gasteiger partial charge in [0.15, 0.2) is 5.16 Å². The average Bonchev–Trinajstić information content (AvgIpc) is 2.61. The molecule has 0 unspecified atom stereocenters. The van der Waals surface area contributed by atoms with Crippen LogP contribution in [0.25, 0.3) is 0 Å². The van der Waals surface area contributed by atoms with E-state index in [4.69, 9.17) is 4.74 Å². The van der Waals surface area contributed by atoms with Crippen molar-refractivity contribution in [3.05, 3.63) is 77.2 Å². The van der Waals surface area contributed by atoms with Crippen molar-refractivity contribution in [2.24, 2.45) is 0 Å². The van der Waals surface area contributed by atoms with Crippen molar-refractivity contribution < 1.29 is 17.9 Å². The Kier molecular flexibility index (Phi) is 5.78. The number of aromatic nitrogens is 2. The zero-order valence-corrected chi connectivity index (χ0v) is 14.7. The van der Waals surface area contributed by atoms with E-state index in [1.165, 1.54) is 48.2 Å². The van der Waals surface area contributed by atoms with Gasteiger partial charge in [-0.05, 0) is 48.4 Å². The quantitative estimate of drug-likeness (QED) is 0.418. The number of hydrogen-bond donors (Lipinski definition) is 0. The van der Waals surface area contributed by atoms with E-state index in [-0.39, 0.29) is 5.82 Å². The Bertz CT molecular complexity index is 884. The molecule has 0 saturated carbocycles. The summed E-state index contributed by atoms with van der Waals surface area (Å²) in [7, 11) is 0. The number of halogens is 3. The summed E-state index contributed by atoms with van der Waals surface area (Å²) in [6, 6.07) is 10.7. The van der Waals surface area contributed by atoms with Gasteiger partial charge in [-0.3, -0.25) is 0 Å². The number of nitrogens with zero attached hydrogens (tertiary/aromatic N) is 2. The van der Waals surface area contributed by atoms with Crippen LogP contribution < -0.4 is 4.74 Å². The first-order valence-electron chi connectivity index (χ1n) is 7.91. The van der Waals surface area contributed by atoms with Crippen LogP contribution in [0.3, 0.4) is 0 Å². The summed E-state index contributed by atoms with van der Waals surface area (Å²) in [6.07, 6.45) is 0.671. The molecule has 134 valence electrons. The minimum atomic E-state index is -0.621. The van der Waals surface area contributed by atoms with Crippen LogP contribution in [-0.2, 0) is 12.2 Å². The monoisotopic (exact) mass is 376 g/mol. The Morgan fingerprint density at radius 1 is 0.885 bits per heavy atom. The molecule has 7 heteroatoms. The van der Waals surface area contributed by atoms with E-state index in [0.29, 0.717) is 34.5 Å². The van der Waals surface area contributed by atoms with E-state index in [1.54, 1.807) is 6.07 Å². The Labute approximate surface area is 153 Å². The summed E-state index contributed by atoms with van der Waals surface area (Å²) < 4.78 is 45.2. The first-order valence-corrected chi connectivity index (χ1v) is 8.89. The van der Waals surface area contributed by atoms with Crippen molar-refractivity contribution in [2.45, 2.75) is 24.3 Å². The fourth-order valence-corrected chi connectivity index (χ4v) is 3.01. The van der Waals surface area contributed by atoms with Crippen LogP contribution in [-0.4, -0.2) is 9.97 Å². The molecule has 0 bridgehead atoms. The minimum absolute atomic E-state index is 0.317. The first-order chi connectivity index (χ1) is 12.5. The smallest absolute Gasteiger partial charge is 0.223 e. The largest absolute Gasteiger partial charge is 0.439 e. The van der Waals surface area contributed by atoms with E-state index in [9.17, 15) is 13.2 Å². The lowest BCUT2D eigenvalue weighted by atomic mass is 10.2. The minimum Gasteiger partial charge on any atom is -0.439 e. The summed E-state index contributed by atoms with van der Waals surface area (Å²) in [5.74, 6) is -0.495. The number of benzene rings is 2. The molecule has 2 aromatic carbocycles. The van der Waals surface area contributed by atoms with Gasteiger partial charge < -0.3 is 4.74 Å². The summed E-state index contributed by atoms with van der Waals surface area (Å²) in [4.78, 5) is 8.70. The van der Waals surface area contributed by atoms with Crippen molar-refractivity contribution in [3.63, 3.8) is 0 Å². The van der Waals surface area contributed by atoms with E-state index in [0.717, 1.165) is 11.8 Å². The Morgan fingerprint density at radius 3 is 2.23 bits per heavy atom. The normalized spacial score (nSPS) is 10.8. The topological polar surface area (TPSA) is 35.0 Å². The van der Waals surface area contributed by atoms with Gasteiger partial charge >= 0.3 is 0 Å². The van der Waals surface area contributed by atoms with E-state index >= 15 is 0 Å². The fraction of sp³-hybridized carbons (Fsp3) is 0.158. The maximum absolute atomic E-state index is 13.3. The lowest BCUT2D eigenvalue weighted by Crippen LogP contribution is -1.97. The standard InChI is InChI=1S/C19H15F3N2OS/c1-2-16-10-18(25-17-5-3-13(20)4-6-17)24-19(23-16)26-11-12-7-14(21)9-15(22)8-12/h3-10H,2,11H2,1H3. The molecule has 0 atom stereocenters. The van der Waals surface area contributed by atoms with Crippen LogP contribution in [0.15, 0.2) is 53.7 Å². The molecular weight excluding hydrogens is 361 g/mol. The second-order valence-electron chi connectivity index (χ2n) is 5.46. The van der Waals surface area contributed by atoms with Gasteiger partial charge in [-0.25, -0.2) is 18.2 Å². The van der Waals surface area contributed by atoms with Crippen LogP contribution in [0.5, 0.6) is 11.6 Å². The first kappa shape index (κ1) is 18.3. The van der Waals surface area contributed by atoms with Crippen molar-refractivity contribution in [3.8, 4) is 11.6 Å². The van der Waals surface area contributed by atoms with Gasteiger partial charge in [-0.1, -0.05) is 18.7 Å². The zero-order chi connectivity index (χ0) is 18.5. The second kappa shape index (κ2) is 8.23. The number of rotatable bonds is 6. The van der Waals surface area contributed by atoms with Gasteiger partial charge in [0.25, 0.3) is 0 Å². The third-order valence-electron chi connectivity index (χ3n) is 3.42. The van der Waals surface area contributed by atoms with Crippen molar-refractivity contribution in [1.82, 2.24) is 9.97 Å². The van der Waals surface area contributed by atoms with Crippen LogP contribution in [0.1, 0.15) is 18.2 Å². The third-order valence-corrected chi connectivity index (χ3v) is 4.34. The third kappa shape index (κ3) is 4.98. The zero-order valence-electron chi connectivity index (χ0n) is 13.9. The Hall–Kier alpha value is -2.54. The second-order valence-corrected chi connectivity index (χ2v) is 6.40. The molecule has 0 aliphatic heterocycles. The van der Waals surface area contributed by atoms with Gasteiger partial charge in [0.2, 0.25) is 5.88 Å². The Morgan fingerprint density at radius 2 is 1.58 bits per heavy atom. The van der Waals surface area contributed by atoms with Gasteiger partial charge in [0, 0.05) is 23.6 Å². The molecule has 26 heavy (non-hydrogen) atoms. The number of ether oxygens (including phenoxy) is 1. The SMILES string of the molecule is CCc1cc(Oc2ccc(F)cc2)nc(SCc2cc(F)cc(F)c2)n1. The maximum Gasteiger partial charge on any atom is 0.223 e. The number of thioether (sulfide) groups is 1. The molecule has 3 nitrogen and oxygen atoms in total. The van der Waals surface area contributed by atoms with Crippen LogP contribution >= 0.6 is 11.8 Å². The highest BCUT2D eigenvalue weighted by Gasteiger charge is 2.09. The fourth-order valence-electron chi connectivity index (χ4n) is 2.21. The van der Waals surface area contributed by atoms with E-state index in [2.05, 4.69) is 9.97 Å². The highest BCUT2D eigenvalue weighted by Crippen LogP contribution is 2.26. The summed E-state index contributed by atoms with van der Waals surface area (Å²) in [5, 5.41) is 0.436. The number of hydrogen-bond acceptors (Lipinski definition) is 4. The van der Waals surface area contributed by atoms with Crippen LogP contribution in [0.2, 0.25) is 0 Å². The highest BCUT2D eigenvalue weighted by molar-refractivity contribution is 7.98. The molecule has 3 rings (SSSR count). The lowest BCUT2D eigenvalue weighted by Gasteiger charge is -2.08. The molecule has 0 fully saturated rings. The van der Waals surface area contributed by atoms with Crippen molar-refractivity contribution in [1.29, 1.82) is 0 Å². The van der Waals surface area contributed by atoms with Crippen molar-refractivity contribution >= 4 is 11.8 Å². The molecule has 0 N–H and O–H groups in total. The highest BCUT2D eigenvalue weighted by atomic mass is 32.2. The molecule has 0 amide bonds. The molecule has 3 aromatic rings. The van der Waals surface area contributed by atoms with E-state index in [1.807, 2.05) is 6.92 Å². The summed E-state index contributed by atoms with van der Waals surface area (Å²) in [6.45, 7) is 1.94. The van der Waals surface area contributed by atoms with Crippen LogP contribution in [0, 0.1) is 17.5 Å². The predicted octanol–water partition coefficient (Wildman–Crippen LogP) is 5.54. The van der Waals surface area contributed by atoms with Gasteiger partial charge in [-0.15, -0.1) is 0 Å². The average molecular weight is 376 g/mol.